The van der Waals surface area contributed by atoms with Crippen LogP contribution in [0.15, 0.2) is 54.6 Å². The number of anilines is 1. The number of carbonyl (C=O) groups is 1. The van der Waals surface area contributed by atoms with Crippen LogP contribution in [0.25, 0.3) is 0 Å². The number of carbonyl (C=O) groups excluding carboxylic acids is 1. The van der Waals surface area contributed by atoms with Crippen molar-refractivity contribution in [2.45, 2.75) is 26.2 Å². The van der Waals surface area contributed by atoms with Crippen molar-refractivity contribution < 1.29 is 4.79 Å². The minimum Gasteiger partial charge on any atom is -0.325 e. The first kappa shape index (κ1) is 16.0. The standard InChI is InChI=1S/C18H20INO/c1-3-13(2)17(14-9-5-4-6-10-14)18(21)20-16-12-8-7-11-15(16)19/h4-13,17H,3H2,1-2H3,(H,20,21). The highest BCUT2D eigenvalue weighted by atomic mass is 127. The van der Waals surface area contributed by atoms with E-state index in [0.717, 1.165) is 21.2 Å². The Morgan fingerprint density at radius 2 is 1.71 bits per heavy atom. The quantitative estimate of drug-likeness (QED) is 0.707. The molecule has 2 rings (SSSR count). The van der Waals surface area contributed by atoms with Crippen molar-refractivity contribution in [2.75, 3.05) is 5.32 Å². The molecule has 2 atom stereocenters. The molecule has 0 aliphatic rings. The van der Waals surface area contributed by atoms with Crippen molar-refractivity contribution in [2.24, 2.45) is 5.92 Å². The lowest BCUT2D eigenvalue weighted by Gasteiger charge is -2.23. The number of amides is 1. The lowest BCUT2D eigenvalue weighted by atomic mass is 9.85. The molecule has 0 bridgehead atoms. The molecule has 21 heavy (non-hydrogen) atoms. The highest BCUT2D eigenvalue weighted by molar-refractivity contribution is 14.1. The predicted octanol–water partition coefficient (Wildman–Crippen LogP) is 5.06. The number of nitrogens with one attached hydrogen (secondary N) is 1. The topological polar surface area (TPSA) is 29.1 Å². The number of benzene rings is 2. The lowest BCUT2D eigenvalue weighted by molar-refractivity contribution is -0.118. The van der Waals surface area contributed by atoms with E-state index in [2.05, 4.69) is 41.8 Å². The van der Waals surface area contributed by atoms with Crippen LogP contribution in [0.4, 0.5) is 5.69 Å². The molecule has 1 N–H and O–H groups in total. The maximum absolute atomic E-state index is 12.8. The van der Waals surface area contributed by atoms with E-state index in [-0.39, 0.29) is 11.8 Å². The molecule has 0 fully saturated rings. The van der Waals surface area contributed by atoms with E-state index in [1.165, 1.54) is 0 Å². The van der Waals surface area contributed by atoms with Gasteiger partial charge in [-0.1, -0.05) is 62.7 Å². The smallest absolute Gasteiger partial charge is 0.232 e. The number of rotatable bonds is 5. The summed E-state index contributed by atoms with van der Waals surface area (Å²) in [7, 11) is 0. The van der Waals surface area contributed by atoms with Crippen molar-refractivity contribution >= 4 is 34.2 Å². The van der Waals surface area contributed by atoms with Crippen molar-refractivity contribution in [1.29, 1.82) is 0 Å². The van der Waals surface area contributed by atoms with E-state index >= 15 is 0 Å². The molecule has 0 aliphatic heterocycles. The van der Waals surface area contributed by atoms with Crippen molar-refractivity contribution in [3.8, 4) is 0 Å². The minimum atomic E-state index is -0.118. The summed E-state index contributed by atoms with van der Waals surface area (Å²) < 4.78 is 1.06. The van der Waals surface area contributed by atoms with E-state index in [9.17, 15) is 4.79 Å². The van der Waals surface area contributed by atoms with E-state index in [1.54, 1.807) is 0 Å². The second-order valence-corrected chi connectivity index (χ2v) is 6.41. The van der Waals surface area contributed by atoms with Gasteiger partial charge in [-0.25, -0.2) is 0 Å². The van der Waals surface area contributed by atoms with Crippen LogP contribution in [0.3, 0.4) is 0 Å². The van der Waals surface area contributed by atoms with Gasteiger partial charge in [0.25, 0.3) is 0 Å². The average Bonchev–Trinajstić information content (AvgIpc) is 2.50. The fourth-order valence-electron chi connectivity index (χ4n) is 2.41. The fourth-order valence-corrected chi connectivity index (χ4v) is 2.93. The van der Waals surface area contributed by atoms with Crippen LogP contribution in [0, 0.1) is 9.49 Å². The second-order valence-electron chi connectivity index (χ2n) is 5.24. The maximum Gasteiger partial charge on any atom is 0.232 e. The lowest BCUT2D eigenvalue weighted by Crippen LogP contribution is -2.26. The van der Waals surface area contributed by atoms with Gasteiger partial charge in [-0.2, -0.15) is 0 Å². The second kappa shape index (κ2) is 7.59. The molecule has 0 heterocycles. The molecular formula is C18H20INO. The first-order valence-corrected chi connectivity index (χ1v) is 8.31. The van der Waals surface area contributed by atoms with Gasteiger partial charge in [-0.15, -0.1) is 0 Å². The SMILES string of the molecule is CCC(C)C(C(=O)Nc1ccccc1I)c1ccccc1. The Labute approximate surface area is 140 Å². The Morgan fingerprint density at radius 1 is 1.10 bits per heavy atom. The van der Waals surface area contributed by atoms with Gasteiger partial charge < -0.3 is 5.32 Å². The van der Waals surface area contributed by atoms with Gasteiger partial charge in [0.15, 0.2) is 0 Å². The maximum atomic E-state index is 12.8. The summed E-state index contributed by atoms with van der Waals surface area (Å²) in [6.07, 6.45) is 0.971. The molecule has 0 spiro atoms. The molecule has 3 heteroatoms. The number of hydrogen-bond acceptors (Lipinski definition) is 1. The number of halogens is 1. The van der Waals surface area contributed by atoms with Crippen LogP contribution in [-0.4, -0.2) is 5.91 Å². The van der Waals surface area contributed by atoms with Crippen LogP contribution in [0.2, 0.25) is 0 Å². The van der Waals surface area contributed by atoms with E-state index in [1.807, 2.05) is 54.6 Å². The van der Waals surface area contributed by atoms with Crippen LogP contribution in [0.5, 0.6) is 0 Å². The van der Waals surface area contributed by atoms with Crippen LogP contribution < -0.4 is 5.32 Å². The zero-order chi connectivity index (χ0) is 15.2. The Bertz CT molecular complexity index is 597. The van der Waals surface area contributed by atoms with Crippen LogP contribution in [-0.2, 0) is 4.79 Å². The van der Waals surface area contributed by atoms with Gasteiger partial charge in [0.2, 0.25) is 5.91 Å². The highest BCUT2D eigenvalue weighted by Gasteiger charge is 2.26. The first-order chi connectivity index (χ1) is 10.1. The van der Waals surface area contributed by atoms with Gasteiger partial charge in [-0.3, -0.25) is 4.79 Å². The molecular weight excluding hydrogens is 373 g/mol. The molecule has 2 aromatic carbocycles. The van der Waals surface area contributed by atoms with Gasteiger partial charge in [0.05, 0.1) is 11.6 Å². The Morgan fingerprint density at radius 3 is 2.33 bits per heavy atom. The molecule has 0 aromatic heterocycles. The van der Waals surface area contributed by atoms with Crippen LogP contribution in [0.1, 0.15) is 31.7 Å². The number of hydrogen-bond donors (Lipinski definition) is 1. The Balaban J connectivity index is 2.25. The highest BCUT2D eigenvalue weighted by Crippen LogP contribution is 2.29. The van der Waals surface area contributed by atoms with Gasteiger partial charge in [0, 0.05) is 3.57 Å². The van der Waals surface area contributed by atoms with E-state index in [0.29, 0.717) is 5.92 Å². The van der Waals surface area contributed by atoms with Gasteiger partial charge in [-0.05, 0) is 46.2 Å². The zero-order valence-corrected chi connectivity index (χ0v) is 14.5. The summed E-state index contributed by atoms with van der Waals surface area (Å²) >= 11 is 2.24. The molecule has 2 unspecified atom stereocenters. The van der Waals surface area contributed by atoms with Crippen molar-refractivity contribution in [3.05, 3.63) is 63.7 Å². The monoisotopic (exact) mass is 393 g/mol. The first-order valence-electron chi connectivity index (χ1n) is 7.23. The summed E-state index contributed by atoms with van der Waals surface area (Å²) in [6.45, 7) is 4.26. The molecule has 0 aliphatic carbocycles. The summed E-state index contributed by atoms with van der Waals surface area (Å²) in [6, 6.07) is 17.9. The summed E-state index contributed by atoms with van der Waals surface area (Å²) in [5.74, 6) is 0.251. The largest absolute Gasteiger partial charge is 0.325 e. The Kier molecular flexibility index (Phi) is 5.79. The van der Waals surface area contributed by atoms with Gasteiger partial charge >= 0.3 is 0 Å². The predicted molar refractivity (Wildman–Crippen MR) is 96.4 cm³/mol. The fraction of sp³-hybridized carbons (Fsp3) is 0.278. The van der Waals surface area contributed by atoms with Crippen molar-refractivity contribution in [3.63, 3.8) is 0 Å². The summed E-state index contributed by atoms with van der Waals surface area (Å²) in [4.78, 5) is 12.8. The molecule has 0 saturated heterocycles. The summed E-state index contributed by atoms with van der Waals surface area (Å²) in [5.41, 5.74) is 1.96. The van der Waals surface area contributed by atoms with Gasteiger partial charge in [0.1, 0.15) is 0 Å². The molecule has 0 radical (unpaired) electrons. The average molecular weight is 393 g/mol. The van der Waals surface area contributed by atoms with Crippen molar-refractivity contribution in [1.82, 2.24) is 0 Å². The normalized spacial score (nSPS) is 13.5. The Hall–Kier alpha value is -1.36. The third-order valence-corrected chi connectivity index (χ3v) is 4.73. The molecule has 0 saturated carbocycles. The number of para-hydroxylation sites is 1. The van der Waals surface area contributed by atoms with Crippen LogP contribution >= 0.6 is 22.6 Å². The third kappa shape index (κ3) is 4.06. The molecule has 2 aromatic rings. The zero-order valence-electron chi connectivity index (χ0n) is 12.3. The third-order valence-electron chi connectivity index (χ3n) is 3.79. The minimum absolute atomic E-state index is 0.0691. The van der Waals surface area contributed by atoms with E-state index in [4.69, 9.17) is 0 Å². The van der Waals surface area contributed by atoms with E-state index < -0.39 is 0 Å². The molecule has 1 amide bonds. The molecule has 2 nitrogen and oxygen atoms in total. The molecule has 110 valence electrons. The summed E-state index contributed by atoms with van der Waals surface area (Å²) in [5, 5.41) is 3.08.